The molecular weight excluding hydrogens is 280 g/mol. The van der Waals surface area contributed by atoms with Crippen LogP contribution in [0.1, 0.15) is 38.5 Å². The van der Waals surface area contributed by atoms with Gasteiger partial charge in [-0.3, -0.25) is 15.0 Å². The van der Waals surface area contributed by atoms with Crippen molar-refractivity contribution in [2.24, 2.45) is 5.92 Å². The van der Waals surface area contributed by atoms with Gasteiger partial charge in [0.2, 0.25) is 0 Å². The summed E-state index contributed by atoms with van der Waals surface area (Å²) >= 11 is 0. The molecule has 2 aliphatic rings. The SMILES string of the molecule is O=[N+]([O-])c1cccc(OCCN2CCCC3CCCCC32)c1. The monoisotopic (exact) mass is 304 g/mol. The molecule has 1 saturated heterocycles. The van der Waals surface area contributed by atoms with E-state index in [-0.39, 0.29) is 10.6 Å². The first-order valence-electron chi connectivity index (χ1n) is 8.35. The van der Waals surface area contributed by atoms with Crippen molar-refractivity contribution in [3.63, 3.8) is 0 Å². The van der Waals surface area contributed by atoms with E-state index >= 15 is 0 Å². The largest absolute Gasteiger partial charge is 0.492 e. The predicted molar refractivity (Wildman–Crippen MR) is 85.1 cm³/mol. The van der Waals surface area contributed by atoms with Crippen LogP contribution in [0.3, 0.4) is 0 Å². The van der Waals surface area contributed by atoms with Crippen LogP contribution in [0.4, 0.5) is 5.69 Å². The number of fused-ring (bicyclic) bond motifs is 1. The standard InChI is InChI=1S/C17H24N2O3/c20-19(21)15-7-3-8-16(13-15)22-12-11-18-10-4-6-14-5-1-2-9-17(14)18/h3,7-8,13-14,17H,1-2,4-6,9-12H2. The third kappa shape index (κ3) is 3.58. The van der Waals surface area contributed by atoms with Crippen molar-refractivity contribution in [2.45, 2.75) is 44.6 Å². The Morgan fingerprint density at radius 1 is 1.23 bits per heavy atom. The zero-order valence-corrected chi connectivity index (χ0v) is 12.9. The minimum Gasteiger partial charge on any atom is -0.492 e. The highest BCUT2D eigenvalue weighted by atomic mass is 16.6. The molecule has 3 rings (SSSR count). The van der Waals surface area contributed by atoms with Crippen molar-refractivity contribution in [3.8, 4) is 5.75 Å². The molecule has 0 bridgehead atoms. The molecule has 0 aromatic heterocycles. The van der Waals surface area contributed by atoms with Crippen LogP contribution in [-0.2, 0) is 0 Å². The fourth-order valence-electron chi connectivity index (χ4n) is 3.97. The lowest BCUT2D eigenvalue weighted by Gasteiger charge is -2.44. The smallest absolute Gasteiger partial charge is 0.273 e. The quantitative estimate of drug-likeness (QED) is 0.616. The second kappa shape index (κ2) is 7.09. The summed E-state index contributed by atoms with van der Waals surface area (Å²) < 4.78 is 5.73. The molecule has 0 amide bonds. The van der Waals surface area contributed by atoms with E-state index in [0.717, 1.165) is 18.5 Å². The minimum atomic E-state index is -0.385. The average molecular weight is 304 g/mol. The molecule has 2 atom stereocenters. The third-order valence-corrected chi connectivity index (χ3v) is 5.03. The molecule has 120 valence electrons. The number of nitro benzene ring substituents is 1. The van der Waals surface area contributed by atoms with E-state index in [0.29, 0.717) is 12.4 Å². The van der Waals surface area contributed by atoms with Gasteiger partial charge >= 0.3 is 0 Å². The molecule has 2 unspecified atom stereocenters. The number of benzene rings is 1. The van der Waals surface area contributed by atoms with Gasteiger partial charge in [-0.05, 0) is 44.2 Å². The zero-order valence-electron chi connectivity index (χ0n) is 12.9. The number of hydrogen-bond acceptors (Lipinski definition) is 4. The molecule has 1 aromatic carbocycles. The number of nitrogens with zero attached hydrogens (tertiary/aromatic N) is 2. The molecule has 5 nitrogen and oxygen atoms in total. The maximum atomic E-state index is 10.8. The number of piperidine rings is 1. The number of non-ortho nitro benzene ring substituents is 1. The first-order valence-corrected chi connectivity index (χ1v) is 8.35. The summed E-state index contributed by atoms with van der Waals surface area (Å²) in [5.41, 5.74) is 0.0859. The Morgan fingerprint density at radius 2 is 2.05 bits per heavy atom. The van der Waals surface area contributed by atoms with Crippen LogP contribution in [0.25, 0.3) is 0 Å². The first kappa shape index (κ1) is 15.3. The van der Waals surface area contributed by atoms with Crippen LogP contribution in [-0.4, -0.2) is 35.6 Å². The van der Waals surface area contributed by atoms with Gasteiger partial charge < -0.3 is 4.74 Å². The molecule has 1 heterocycles. The highest BCUT2D eigenvalue weighted by molar-refractivity contribution is 5.37. The van der Waals surface area contributed by atoms with Gasteiger partial charge in [-0.15, -0.1) is 0 Å². The fraction of sp³-hybridized carbons (Fsp3) is 0.647. The number of likely N-dealkylation sites (tertiary alicyclic amines) is 1. The molecule has 0 spiro atoms. The number of rotatable bonds is 5. The van der Waals surface area contributed by atoms with E-state index in [1.165, 1.54) is 57.2 Å². The van der Waals surface area contributed by atoms with Crippen LogP contribution in [0, 0.1) is 16.0 Å². The maximum Gasteiger partial charge on any atom is 0.273 e. The van der Waals surface area contributed by atoms with E-state index in [9.17, 15) is 10.1 Å². The second-order valence-corrected chi connectivity index (χ2v) is 6.39. The Morgan fingerprint density at radius 3 is 2.91 bits per heavy atom. The lowest BCUT2D eigenvalue weighted by atomic mass is 9.78. The summed E-state index contributed by atoms with van der Waals surface area (Å²) in [7, 11) is 0. The lowest BCUT2D eigenvalue weighted by molar-refractivity contribution is -0.384. The average Bonchev–Trinajstić information content (AvgIpc) is 2.55. The summed E-state index contributed by atoms with van der Waals surface area (Å²) in [6, 6.07) is 7.18. The Kier molecular flexibility index (Phi) is 4.93. The summed E-state index contributed by atoms with van der Waals surface area (Å²) in [6.07, 6.45) is 8.11. The molecule has 1 aromatic rings. The zero-order chi connectivity index (χ0) is 15.4. The molecule has 0 N–H and O–H groups in total. The summed E-state index contributed by atoms with van der Waals surface area (Å²) in [4.78, 5) is 13.0. The summed E-state index contributed by atoms with van der Waals surface area (Å²) in [6.45, 7) is 2.69. The predicted octanol–water partition coefficient (Wildman–Crippen LogP) is 3.63. The molecular formula is C17H24N2O3. The first-order chi connectivity index (χ1) is 10.7. The molecule has 0 radical (unpaired) electrons. The Hall–Kier alpha value is -1.62. The van der Waals surface area contributed by atoms with Gasteiger partial charge in [0.15, 0.2) is 0 Å². The molecule has 2 fully saturated rings. The van der Waals surface area contributed by atoms with Crippen molar-refractivity contribution in [1.82, 2.24) is 4.90 Å². The van der Waals surface area contributed by atoms with Crippen molar-refractivity contribution < 1.29 is 9.66 Å². The van der Waals surface area contributed by atoms with Gasteiger partial charge in [-0.2, -0.15) is 0 Å². The lowest BCUT2D eigenvalue weighted by Crippen LogP contribution is -2.48. The van der Waals surface area contributed by atoms with Crippen molar-refractivity contribution in [1.29, 1.82) is 0 Å². The van der Waals surface area contributed by atoms with Gasteiger partial charge in [0.05, 0.1) is 11.0 Å². The van der Waals surface area contributed by atoms with Crippen LogP contribution < -0.4 is 4.74 Å². The van der Waals surface area contributed by atoms with Gasteiger partial charge in [0.1, 0.15) is 12.4 Å². The van der Waals surface area contributed by atoms with E-state index in [1.807, 2.05) is 0 Å². The topological polar surface area (TPSA) is 55.6 Å². The van der Waals surface area contributed by atoms with Gasteiger partial charge in [0, 0.05) is 18.7 Å². The van der Waals surface area contributed by atoms with Crippen LogP contribution in [0.2, 0.25) is 0 Å². The van der Waals surface area contributed by atoms with Crippen molar-refractivity contribution in [3.05, 3.63) is 34.4 Å². The molecule has 5 heteroatoms. The van der Waals surface area contributed by atoms with Gasteiger partial charge in [0.25, 0.3) is 5.69 Å². The highest BCUT2D eigenvalue weighted by Crippen LogP contribution is 2.35. The van der Waals surface area contributed by atoms with Crippen molar-refractivity contribution >= 4 is 5.69 Å². The second-order valence-electron chi connectivity index (χ2n) is 6.39. The van der Waals surface area contributed by atoms with E-state index in [1.54, 1.807) is 12.1 Å². The van der Waals surface area contributed by atoms with Gasteiger partial charge in [-0.25, -0.2) is 0 Å². The summed E-state index contributed by atoms with van der Waals surface area (Å²) in [5, 5.41) is 10.8. The Balaban J connectivity index is 1.52. The minimum absolute atomic E-state index is 0.0859. The van der Waals surface area contributed by atoms with Crippen LogP contribution in [0.5, 0.6) is 5.75 Å². The number of ether oxygens (including phenoxy) is 1. The highest BCUT2D eigenvalue weighted by Gasteiger charge is 2.32. The molecule has 1 aliphatic carbocycles. The van der Waals surface area contributed by atoms with E-state index in [2.05, 4.69) is 4.90 Å². The maximum absolute atomic E-state index is 10.8. The van der Waals surface area contributed by atoms with E-state index in [4.69, 9.17) is 4.74 Å². The third-order valence-electron chi connectivity index (χ3n) is 5.03. The normalized spacial score (nSPS) is 25.5. The Bertz CT molecular complexity index is 518. The molecule has 1 aliphatic heterocycles. The van der Waals surface area contributed by atoms with E-state index < -0.39 is 0 Å². The molecule has 1 saturated carbocycles. The Labute approximate surface area is 131 Å². The van der Waals surface area contributed by atoms with Crippen LogP contribution in [0.15, 0.2) is 24.3 Å². The number of nitro groups is 1. The fourth-order valence-corrected chi connectivity index (χ4v) is 3.97. The molecule has 22 heavy (non-hydrogen) atoms. The van der Waals surface area contributed by atoms with Gasteiger partial charge in [-0.1, -0.05) is 18.9 Å². The van der Waals surface area contributed by atoms with Crippen LogP contribution >= 0.6 is 0 Å². The number of hydrogen-bond donors (Lipinski definition) is 0. The van der Waals surface area contributed by atoms with Crippen molar-refractivity contribution in [2.75, 3.05) is 19.7 Å². The summed E-state index contributed by atoms with van der Waals surface area (Å²) in [5.74, 6) is 1.46.